The van der Waals surface area contributed by atoms with Crippen molar-refractivity contribution in [1.29, 1.82) is 0 Å². The average Bonchev–Trinajstić information content (AvgIpc) is 2.01. The molecule has 0 aliphatic carbocycles. The van der Waals surface area contributed by atoms with Gasteiger partial charge in [0, 0.05) is 6.07 Å². The number of Topliss-reactive ketones (excluding diaryl/α,β-unsaturated/α-hetero) is 1. The van der Waals surface area contributed by atoms with Crippen LogP contribution in [0.15, 0.2) is 16.6 Å². The number of phenols is 1. The normalized spacial score (nSPS) is 9.86. The van der Waals surface area contributed by atoms with Crippen LogP contribution >= 0.6 is 15.9 Å². The van der Waals surface area contributed by atoms with Gasteiger partial charge in [-0.15, -0.1) is 0 Å². The average molecular weight is 260 g/mol. The van der Waals surface area contributed by atoms with Crippen molar-refractivity contribution in [1.82, 2.24) is 0 Å². The Balaban J connectivity index is 3.52. The van der Waals surface area contributed by atoms with Crippen LogP contribution in [0, 0.1) is 10.1 Å². The van der Waals surface area contributed by atoms with Crippen molar-refractivity contribution in [2.45, 2.75) is 6.92 Å². The van der Waals surface area contributed by atoms with Gasteiger partial charge >= 0.3 is 0 Å². The minimum absolute atomic E-state index is 0.0905. The molecule has 0 atom stereocenters. The van der Waals surface area contributed by atoms with E-state index in [9.17, 15) is 14.9 Å². The van der Waals surface area contributed by atoms with E-state index >= 15 is 0 Å². The van der Waals surface area contributed by atoms with Gasteiger partial charge in [-0.3, -0.25) is 14.9 Å². The van der Waals surface area contributed by atoms with E-state index in [0.29, 0.717) is 0 Å². The first-order valence-corrected chi connectivity index (χ1v) is 4.40. The number of rotatable bonds is 2. The molecule has 0 fully saturated rings. The monoisotopic (exact) mass is 259 g/mol. The van der Waals surface area contributed by atoms with Crippen molar-refractivity contribution < 1.29 is 14.8 Å². The van der Waals surface area contributed by atoms with Crippen LogP contribution < -0.4 is 0 Å². The number of nitro groups is 1. The first-order valence-electron chi connectivity index (χ1n) is 3.61. The van der Waals surface area contributed by atoms with Crippen molar-refractivity contribution in [3.8, 4) is 5.75 Å². The van der Waals surface area contributed by atoms with E-state index < -0.39 is 10.7 Å². The van der Waals surface area contributed by atoms with Crippen molar-refractivity contribution in [3.05, 3.63) is 32.3 Å². The molecule has 0 unspecified atom stereocenters. The van der Waals surface area contributed by atoms with E-state index in [4.69, 9.17) is 5.11 Å². The van der Waals surface area contributed by atoms with E-state index in [1.54, 1.807) is 0 Å². The Kier molecular flexibility index (Phi) is 2.85. The highest BCUT2D eigenvalue weighted by molar-refractivity contribution is 9.10. The predicted molar refractivity (Wildman–Crippen MR) is 52.5 cm³/mol. The summed E-state index contributed by atoms with van der Waals surface area (Å²) in [6, 6.07) is 2.25. The minimum Gasteiger partial charge on any atom is -0.508 e. The van der Waals surface area contributed by atoms with Crippen LogP contribution in [0.2, 0.25) is 0 Å². The number of carbonyl (C=O) groups is 1. The lowest BCUT2D eigenvalue weighted by molar-refractivity contribution is -0.385. The lowest BCUT2D eigenvalue weighted by Gasteiger charge is -2.01. The molecule has 0 amide bonds. The zero-order chi connectivity index (χ0) is 10.9. The van der Waals surface area contributed by atoms with Crippen molar-refractivity contribution in [2.75, 3.05) is 0 Å². The van der Waals surface area contributed by atoms with Gasteiger partial charge in [0.2, 0.25) is 0 Å². The maximum atomic E-state index is 11.0. The lowest BCUT2D eigenvalue weighted by atomic mass is 10.1. The van der Waals surface area contributed by atoms with Gasteiger partial charge in [-0.2, -0.15) is 0 Å². The molecule has 0 heterocycles. The van der Waals surface area contributed by atoms with Gasteiger partial charge in [-0.1, -0.05) is 0 Å². The minimum atomic E-state index is -0.666. The van der Waals surface area contributed by atoms with Crippen LogP contribution in [0.4, 0.5) is 5.69 Å². The quantitative estimate of drug-likeness (QED) is 0.502. The highest BCUT2D eigenvalue weighted by atomic mass is 79.9. The van der Waals surface area contributed by atoms with Crippen molar-refractivity contribution in [3.63, 3.8) is 0 Å². The van der Waals surface area contributed by atoms with Gasteiger partial charge in [0.1, 0.15) is 5.75 Å². The second-order valence-corrected chi connectivity index (χ2v) is 3.49. The highest BCUT2D eigenvalue weighted by Crippen LogP contribution is 2.32. The maximum Gasteiger partial charge on any atom is 0.294 e. The Hall–Kier alpha value is -1.43. The van der Waals surface area contributed by atoms with E-state index in [1.807, 2.05) is 0 Å². The first kappa shape index (κ1) is 10.6. The fraction of sp³-hybridized carbons (Fsp3) is 0.125. The zero-order valence-corrected chi connectivity index (χ0v) is 8.74. The number of hydrogen-bond acceptors (Lipinski definition) is 4. The third-order valence-electron chi connectivity index (χ3n) is 1.61. The molecule has 5 nitrogen and oxygen atoms in total. The second kappa shape index (κ2) is 3.75. The number of nitrogens with zero attached hydrogens (tertiary/aromatic N) is 1. The summed E-state index contributed by atoms with van der Waals surface area (Å²) in [6.07, 6.45) is 0. The molecule has 74 valence electrons. The summed E-state index contributed by atoms with van der Waals surface area (Å²) < 4.78 is 0.0905. The molecule has 1 N–H and O–H groups in total. The molecule has 1 aromatic carbocycles. The van der Waals surface area contributed by atoms with E-state index in [2.05, 4.69) is 15.9 Å². The maximum absolute atomic E-state index is 11.0. The summed E-state index contributed by atoms with van der Waals surface area (Å²) in [5.41, 5.74) is -0.433. The van der Waals surface area contributed by atoms with Gasteiger partial charge in [-0.05, 0) is 28.9 Å². The molecule has 0 spiro atoms. The third kappa shape index (κ3) is 1.90. The molecule has 0 aliphatic heterocycles. The lowest BCUT2D eigenvalue weighted by Crippen LogP contribution is -2.00. The van der Waals surface area contributed by atoms with Gasteiger partial charge in [0.15, 0.2) is 5.78 Å². The summed E-state index contributed by atoms with van der Waals surface area (Å²) in [5, 5.41) is 19.7. The zero-order valence-electron chi connectivity index (χ0n) is 7.15. The van der Waals surface area contributed by atoms with Crippen LogP contribution in [-0.2, 0) is 0 Å². The molecule has 6 heteroatoms. The van der Waals surface area contributed by atoms with E-state index in [-0.39, 0.29) is 21.5 Å². The fourth-order valence-electron chi connectivity index (χ4n) is 1.04. The Labute approximate surface area is 87.6 Å². The smallest absolute Gasteiger partial charge is 0.294 e. The van der Waals surface area contributed by atoms with Crippen LogP contribution in [0.25, 0.3) is 0 Å². The number of hydrogen-bond donors (Lipinski definition) is 1. The molecular formula is C8H6BrNO4. The molecule has 1 rings (SSSR count). The Morgan fingerprint density at radius 1 is 1.57 bits per heavy atom. The molecule has 0 saturated heterocycles. The number of phenolic OH excluding ortho intramolecular Hbond substituents is 1. The molecule has 0 bridgehead atoms. The summed E-state index contributed by atoms with van der Waals surface area (Å²) >= 11 is 2.91. The van der Waals surface area contributed by atoms with Crippen LogP contribution in [0.5, 0.6) is 5.75 Å². The summed E-state index contributed by atoms with van der Waals surface area (Å²) in [7, 11) is 0. The first-order chi connectivity index (χ1) is 6.43. The molecule has 0 radical (unpaired) electrons. The van der Waals surface area contributed by atoms with Crippen LogP contribution in [0.1, 0.15) is 17.3 Å². The molecule has 0 aliphatic rings. The number of carbonyl (C=O) groups excluding carboxylic acids is 1. The molecule has 1 aromatic rings. The van der Waals surface area contributed by atoms with Gasteiger partial charge in [0.25, 0.3) is 5.69 Å². The summed E-state index contributed by atoms with van der Waals surface area (Å²) in [6.45, 7) is 1.20. The molecule has 0 saturated carbocycles. The topological polar surface area (TPSA) is 80.4 Å². The number of benzene rings is 1. The highest BCUT2D eigenvalue weighted by Gasteiger charge is 2.22. The van der Waals surface area contributed by atoms with E-state index in [0.717, 1.165) is 6.07 Å². The second-order valence-electron chi connectivity index (χ2n) is 2.64. The number of nitro benzene ring substituents is 1. The number of ketones is 1. The van der Waals surface area contributed by atoms with Gasteiger partial charge in [-0.25, -0.2) is 0 Å². The van der Waals surface area contributed by atoms with Crippen LogP contribution in [0.3, 0.4) is 0 Å². The number of aromatic hydroxyl groups is 1. The Bertz CT molecular complexity index is 416. The summed E-state index contributed by atoms with van der Waals surface area (Å²) in [5.74, 6) is -0.652. The Morgan fingerprint density at radius 2 is 2.14 bits per heavy atom. The standard InChI is InChI=1S/C8H6BrNO4/c1-4(11)6-2-5(12)3-7(9)8(6)10(13)14/h2-3,12H,1H3. The Morgan fingerprint density at radius 3 is 2.57 bits per heavy atom. The van der Waals surface area contributed by atoms with Gasteiger partial charge in [0.05, 0.1) is 15.0 Å². The summed E-state index contributed by atoms with van der Waals surface area (Å²) in [4.78, 5) is 21.0. The molecule has 14 heavy (non-hydrogen) atoms. The van der Waals surface area contributed by atoms with Gasteiger partial charge < -0.3 is 5.11 Å². The molecule has 0 aromatic heterocycles. The largest absolute Gasteiger partial charge is 0.508 e. The van der Waals surface area contributed by atoms with Crippen molar-refractivity contribution >= 4 is 27.4 Å². The third-order valence-corrected chi connectivity index (χ3v) is 2.21. The van der Waals surface area contributed by atoms with Crippen molar-refractivity contribution in [2.24, 2.45) is 0 Å². The predicted octanol–water partition coefficient (Wildman–Crippen LogP) is 2.27. The van der Waals surface area contributed by atoms with E-state index in [1.165, 1.54) is 13.0 Å². The fourth-order valence-corrected chi connectivity index (χ4v) is 1.63. The molecular weight excluding hydrogens is 254 g/mol. The SMILES string of the molecule is CC(=O)c1cc(O)cc(Br)c1[N+](=O)[O-]. The number of halogens is 1. The van der Waals surface area contributed by atoms with Crippen LogP contribution in [-0.4, -0.2) is 15.8 Å².